The first kappa shape index (κ1) is 15.9. The second-order valence-electron chi connectivity index (χ2n) is 4.80. The Labute approximate surface area is 127 Å². The third kappa shape index (κ3) is 3.61. The molecular formula is C17H17F2NO2. The van der Waals surface area contributed by atoms with E-state index in [0.29, 0.717) is 23.5 Å². The molecule has 2 aromatic carbocycles. The lowest BCUT2D eigenvalue weighted by molar-refractivity contribution is 0.0936. The highest BCUT2D eigenvalue weighted by atomic mass is 19.2. The van der Waals surface area contributed by atoms with E-state index in [1.807, 2.05) is 6.92 Å². The highest BCUT2D eigenvalue weighted by Gasteiger charge is 2.16. The quantitative estimate of drug-likeness (QED) is 0.911. The van der Waals surface area contributed by atoms with Gasteiger partial charge in [-0.1, -0.05) is 18.2 Å². The Hall–Kier alpha value is -2.43. The van der Waals surface area contributed by atoms with E-state index in [9.17, 15) is 13.6 Å². The van der Waals surface area contributed by atoms with Gasteiger partial charge in [-0.3, -0.25) is 4.79 Å². The summed E-state index contributed by atoms with van der Waals surface area (Å²) in [6, 6.07) is 9.98. The number of ether oxygens (including phenoxy) is 1. The summed E-state index contributed by atoms with van der Waals surface area (Å²) in [6.45, 7) is 3.98. The van der Waals surface area contributed by atoms with Gasteiger partial charge in [0.2, 0.25) is 0 Å². The van der Waals surface area contributed by atoms with E-state index in [2.05, 4.69) is 5.32 Å². The number of carbonyl (C=O) groups is 1. The maximum Gasteiger partial charge on any atom is 0.255 e. The lowest BCUT2D eigenvalue weighted by atomic mass is 10.1. The van der Waals surface area contributed by atoms with Crippen LogP contribution in [0.15, 0.2) is 42.5 Å². The van der Waals surface area contributed by atoms with Gasteiger partial charge in [-0.2, -0.15) is 0 Å². The van der Waals surface area contributed by atoms with Crippen molar-refractivity contribution in [2.75, 3.05) is 6.61 Å². The Morgan fingerprint density at radius 1 is 1.18 bits per heavy atom. The topological polar surface area (TPSA) is 38.3 Å². The number of rotatable bonds is 5. The van der Waals surface area contributed by atoms with Gasteiger partial charge in [0.15, 0.2) is 11.6 Å². The van der Waals surface area contributed by atoms with Gasteiger partial charge in [0, 0.05) is 0 Å². The summed E-state index contributed by atoms with van der Waals surface area (Å²) in [4.78, 5) is 12.3. The van der Waals surface area contributed by atoms with Crippen LogP contribution in [0.1, 0.15) is 35.8 Å². The van der Waals surface area contributed by atoms with Crippen LogP contribution in [0.3, 0.4) is 0 Å². The molecule has 0 aromatic heterocycles. The number of benzene rings is 2. The van der Waals surface area contributed by atoms with Crippen molar-refractivity contribution in [1.82, 2.24) is 5.32 Å². The van der Waals surface area contributed by atoms with E-state index in [1.165, 1.54) is 6.07 Å². The standard InChI is InChI=1S/C17H17F2NO2/c1-3-22-16-7-5-4-6-13(16)17(21)20-11(2)12-8-9-14(18)15(19)10-12/h4-11H,3H2,1-2H3,(H,20,21). The number of carbonyl (C=O) groups excluding carboxylic acids is 1. The van der Waals surface area contributed by atoms with Crippen molar-refractivity contribution >= 4 is 5.91 Å². The minimum absolute atomic E-state index is 0.332. The molecule has 22 heavy (non-hydrogen) atoms. The van der Waals surface area contributed by atoms with E-state index in [1.54, 1.807) is 31.2 Å². The third-order valence-corrected chi connectivity index (χ3v) is 3.22. The van der Waals surface area contributed by atoms with Gasteiger partial charge < -0.3 is 10.1 Å². The number of amides is 1. The largest absolute Gasteiger partial charge is 0.493 e. The van der Waals surface area contributed by atoms with Gasteiger partial charge in [0.05, 0.1) is 18.2 Å². The molecule has 2 rings (SSSR count). The fourth-order valence-electron chi connectivity index (χ4n) is 2.08. The molecule has 0 fully saturated rings. The average molecular weight is 305 g/mol. The number of hydrogen-bond donors (Lipinski definition) is 1. The summed E-state index contributed by atoms with van der Waals surface area (Å²) < 4.78 is 31.6. The van der Waals surface area contributed by atoms with Crippen LogP contribution >= 0.6 is 0 Å². The molecular weight excluding hydrogens is 288 g/mol. The maximum atomic E-state index is 13.3. The number of nitrogens with one attached hydrogen (secondary N) is 1. The van der Waals surface area contributed by atoms with Crippen molar-refractivity contribution in [3.8, 4) is 5.75 Å². The molecule has 1 atom stereocenters. The first-order valence-corrected chi connectivity index (χ1v) is 7.00. The molecule has 0 aliphatic rings. The SMILES string of the molecule is CCOc1ccccc1C(=O)NC(C)c1ccc(F)c(F)c1. The molecule has 0 saturated heterocycles. The molecule has 116 valence electrons. The second-order valence-corrected chi connectivity index (χ2v) is 4.80. The molecule has 0 radical (unpaired) electrons. The first-order chi connectivity index (χ1) is 10.5. The summed E-state index contributed by atoms with van der Waals surface area (Å²) in [5.41, 5.74) is 0.889. The van der Waals surface area contributed by atoms with Crippen molar-refractivity contribution in [2.24, 2.45) is 0 Å². The fourth-order valence-corrected chi connectivity index (χ4v) is 2.08. The number of para-hydroxylation sites is 1. The molecule has 0 spiro atoms. The van der Waals surface area contributed by atoms with Crippen LogP contribution in [-0.4, -0.2) is 12.5 Å². The van der Waals surface area contributed by atoms with Crippen LogP contribution in [0.4, 0.5) is 8.78 Å². The number of halogens is 2. The zero-order valence-corrected chi connectivity index (χ0v) is 12.4. The van der Waals surface area contributed by atoms with E-state index >= 15 is 0 Å². The molecule has 5 heteroatoms. The molecule has 0 bridgehead atoms. The molecule has 3 nitrogen and oxygen atoms in total. The Morgan fingerprint density at radius 3 is 2.59 bits per heavy atom. The van der Waals surface area contributed by atoms with Crippen LogP contribution in [-0.2, 0) is 0 Å². The Balaban J connectivity index is 2.16. The average Bonchev–Trinajstić information content (AvgIpc) is 2.50. The van der Waals surface area contributed by atoms with Gasteiger partial charge in [-0.05, 0) is 43.7 Å². The predicted octanol–water partition coefficient (Wildman–Crippen LogP) is 3.85. The van der Waals surface area contributed by atoms with Crippen LogP contribution in [0, 0.1) is 11.6 Å². The highest BCUT2D eigenvalue weighted by Crippen LogP contribution is 2.20. The van der Waals surface area contributed by atoms with Crippen molar-refractivity contribution in [3.05, 3.63) is 65.2 Å². The van der Waals surface area contributed by atoms with Crippen LogP contribution in [0.2, 0.25) is 0 Å². The normalized spacial score (nSPS) is 11.8. The van der Waals surface area contributed by atoms with Gasteiger partial charge in [0.25, 0.3) is 5.91 Å². The van der Waals surface area contributed by atoms with E-state index < -0.39 is 17.7 Å². The molecule has 0 saturated carbocycles. The van der Waals surface area contributed by atoms with Gasteiger partial charge >= 0.3 is 0 Å². The molecule has 1 unspecified atom stereocenters. The van der Waals surface area contributed by atoms with Crippen molar-refractivity contribution in [3.63, 3.8) is 0 Å². The summed E-state index contributed by atoms with van der Waals surface area (Å²) in [5.74, 6) is -1.70. The first-order valence-electron chi connectivity index (χ1n) is 7.00. The smallest absolute Gasteiger partial charge is 0.255 e. The van der Waals surface area contributed by atoms with E-state index in [0.717, 1.165) is 12.1 Å². The molecule has 2 aromatic rings. The Morgan fingerprint density at radius 2 is 1.91 bits per heavy atom. The second kappa shape index (κ2) is 7.02. The van der Waals surface area contributed by atoms with E-state index in [4.69, 9.17) is 4.74 Å². The van der Waals surface area contributed by atoms with E-state index in [-0.39, 0.29) is 5.91 Å². The van der Waals surface area contributed by atoms with Gasteiger partial charge in [-0.25, -0.2) is 8.78 Å². The molecule has 0 heterocycles. The highest BCUT2D eigenvalue weighted by molar-refractivity contribution is 5.97. The minimum Gasteiger partial charge on any atom is -0.493 e. The Kier molecular flexibility index (Phi) is 5.09. The fraction of sp³-hybridized carbons (Fsp3) is 0.235. The van der Waals surface area contributed by atoms with Gasteiger partial charge in [0.1, 0.15) is 5.75 Å². The Bertz CT molecular complexity index is 673. The predicted molar refractivity (Wildman–Crippen MR) is 79.9 cm³/mol. The summed E-state index contributed by atoms with van der Waals surface area (Å²) >= 11 is 0. The lowest BCUT2D eigenvalue weighted by Gasteiger charge is -2.16. The number of hydrogen-bond acceptors (Lipinski definition) is 2. The van der Waals surface area contributed by atoms with Crippen molar-refractivity contribution in [2.45, 2.75) is 19.9 Å². The maximum absolute atomic E-state index is 13.3. The monoisotopic (exact) mass is 305 g/mol. The van der Waals surface area contributed by atoms with Crippen LogP contribution in [0.25, 0.3) is 0 Å². The summed E-state index contributed by atoms with van der Waals surface area (Å²) in [7, 11) is 0. The molecule has 1 amide bonds. The lowest BCUT2D eigenvalue weighted by Crippen LogP contribution is -2.27. The molecule has 0 aliphatic heterocycles. The van der Waals surface area contributed by atoms with Gasteiger partial charge in [-0.15, -0.1) is 0 Å². The van der Waals surface area contributed by atoms with Crippen molar-refractivity contribution < 1.29 is 18.3 Å². The summed E-state index contributed by atoms with van der Waals surface area (Å²) in [6.07, 6.45) is 0. The zero-order valence-electron chi connectivity index (χ0n) is 12.4. The molecule has 0 aliphatic carbocycles. The third-order valence-electron chi connectivity index (χ3n) is 3.22. The minimum atomic E-state index is -0.937. The van der Waals surface area contributed by atoms with Crippen LogP contribution in [0.5, 0.6) is 5.75 Å². The van der Waals surface area contributed by atoms with Crippen LogP contribution < -0.4 is 10.1 Å². The molecule has 1 N–H and O–H groups in total. The zero-order chi connectivity index (χ0) is 16.1. The van der Waals surface area contributed by atoms with Crippen molar-refractivity contribution in [1.29, 1.82) is 0 Å². The summed E-state index contributed by atoms with van der Waals surface area (Å²) in [5, 5.41) is 2.75.